The van der Waals surface area contributed by atoms with Crippen LogP contribution in [0.5, 0.6) is 0 Å². The molecule has 10 heteroatoms. The van der Waals surface area contributed by atoms with E-state index in [0.29, 0.717) is 12.8 Å². The van der Waals surface area contributed by atoms with Gasteiger partial charge in [0.2, 0.25) is 6.41 Å². The van der Waals surface area contributed by atoms with Crippen LogP contribution in [0.2, 0.25) is 0 Å². The molecule has 28 heavy (non-hydrogen) atoms. The standard InChI is InChI=1S/C18H32NO8P/c1-12(2)18(13(3)4,28(24,25)26)15(8-6-7-9-27-14(5)21)10-16(17(22)23)19-11-20/h10-13,16H,6-9H2,1-5H3,(H,19,20)(H,22,23)(H2,24,25,26). The zero-order valence-corrected chi connectivity index (χ0v) is 17.9. The number of ether oxygens (including phenoxy) is 1. The molecule has 0 saturated carbocycles. The Balaban J connectivity index is 6.15. The molecule has 1 amide bonds. The van der Waals surface area contributed by atoms with Gasteiger partial charge in [0.05, 0.1) is 11.8 Å². The van der Waals surface area contributed by atoms with Crippen LogP contribution in [0.15, 0.2) is 11.6 Å². The van der Waals surface area contributed by atoms with Crippen molar-refractivity contribution in [2.45, 2.75) is 65.1 Å². The van der Waals surface area contributed by atoms with Crippen molar-refractivity contribution in [2.24, 2.45) is 11.8 Å². The van der Waals surface area contributed by atoms with Crippen molar-refractivity contribution in [3.63, 3.8) is 0 Å². The second-order valence-electron chi connectivity index (χ2n) is 7.27. The van der Waals surface area contributed by atoms with Crippen molar-refractivity contribution < 1.29 is 38.6 Å². The number of carboxylic acids is 1. The van der Waals surface area contributed by atoms with E-state index in [1.165, 1.54) is 13.0 Å². The lowest BCUT2D eigenvalue weighted by atomic mass is 9.76. The molecule has 0 aromatic carbocycles. The second-order valence-corrected chi connectivity index (χ2v) is 9.10. The number of aliphatic carboxylic acids is 1. The molecule has 0 aromatic rings. The first-order chi connectivity index (χ1) is 12.8. The van der Waals surface area contributed by atoms with E-state index >= 15 is 0 Å². The highest BCUT2D eigenvalue weighted by molar-refractivity contribution is 7.54. The van der Waals surface area contributed by atoms with Crippen LogP contribution in [0.3, 0.4) is 0 Å². The quantitative estimate of drug-likeness (QED) is 0.116. The molecule has 0 aliphatic heterocycles. The number of hydrogen-bond acceptors (Lipinski definition) is 5. The van der Waals surface area contributed by atoms with E-state index in [1.54, 1.807) is 27.7 Å². The van der Waals surface area contributed by atoms with Gasteiger partial charge in [-0.1, -0.05) is 39.3 Å². The maximum absolute atomic E-state index is 12.6. The number of rotatable bonds is 13. The molecule has 0 heterocycles. The van der Waals surface area contributed by atoms with Crippen molar-refractivity contribution in [2.75, 3.05) is 6.61 Å². The zero-order valence-electron chi connectivity index (χ0n) is 17.0. The highest BCUT2D eigenvalue weighted by atomic mass is 31.2. The van der Waals surface area contributed by atoms with E-state index in [-0.39, 0.29) is 25.0 Å². The van der Waals surface area contributed by atoms with Crippen molar-refractivity contribution in [3.8, 4) is 0 Å². The molecule has 0 rings (SSSR count). The van der Waals surface area contributed by atoms with Crippen LogP contribution < -0.4 is 5.32 Å². The summed E-state index contributed by atoms with van der Waals surface area (Å²) in [4.78, 5) is 53.6. The van der Waals surface area contributed by atoms with Crippen LogP contribution in [0.1, 0.15) is 53.9 Å². The minimum atomic E-state index is -4.71. The smallest absolute Gasteiger partial charge is 0.336 e. The van der Waals surface area contributed by atoms with Crippen LogP contribution in [0.4, 0.5) is 0 Å². The summed E-state index contributed by atoms with van der Waals surface area (Å²) in [5, 5.41) is 9.91. The number of esters is 1. The average molecular weight is 421 g/mol. The Hall–Kier alpha value is -1.70. The maximum Gasteiger partial charge on any atom is 0.336 e. The third-order valence-corrected chi connectivity index (χ3v) is 7.07. The summed E-state index contributed by atoms with van der Waals surface area (Å²) in [6.45, 7) is 8.14. The Labute approximate surface area is 165 Å². The Kier molecular flexibility index (Phi) is 10.6. The van der Waals surface area contributed by atoms with E-state index in [1.807, 2.05) is 0 Å². The SMILES string of the molecule is CC(=O)OCCCCC(=CC(NC=O)C(=O)O)C(C(C)C)(C(C)C)P(=O)(O)O. The summed E-state index contributed by atoms with van der Waals surface area (Å²) in [7, 11) is -4.71. The Bertz CT molecular complexity index is 615. The predicted octanol–water partition coefficient (Wildman–Crippen LogP) is 2.07. The van der Waals surface area contributed by atoms with E-state index < -0.39 is 42.6 Å². The van der Waals surface area contributed by atoms with Crippen LogP contribution in [-0.2, 0) is 23.7 Å². The van der Waals surface area contributed by atoms with Gasteiger partial charge in [-0.2, -0.15) is 0 Å². The Morgan fingerprint density at radius 3 is 2.04 bits per heavy atom. The van der Waals surface area contributed by atoms with Crippen molar-refractivity contribution in [1.29, 1.82) is 0 Å². The summed E-state index contributed by atoms with van der Waals surface area (Å²) in [6, 6.07) is -1.41. The number of hydrogen-bond donors (Lipinski definition) is 4. The van der Waals surface area contributed by atoms with Crippen molar-refractivity contribution >= 4 is 25.9 Å². The molecule has 4 N–H and O–H groups in total. The molecule has 0 saturated heterocycles. The molecule has 0 fully saturated rings. The lowest BCUT2D eigenvalue weighted by Crippen LogP contribution is -2.44. The van der Waals surface area contributed by atoms with Crippen molar-refractivity contribution in [3.05, 3.63) is 11.6 Å². The van der Waals surface area contributed by atoms with E-state index in [2.05, 4.69) is 5.32 Å². The molecule has 0 bridgehead atoms. The van der Waals surface area contributed by atoms with Crippen molar-refractivity contribution in [1.82, 2.24) is 5.32 Å². The summed E-state index contributed by atoms with van der Waals surface area (Å²) in [5.41, 5.74) is 0.274. The van der Waals surface area contributed by atoms with Crippen LogP contribution >= 0.6 is 7.60 Å². The monoisotopic (exact) mass is 421 g/mol. The fourth-order valence-corrected chi connectivity index (χ4v) is 5.69. The van der Waals surface area contributed by atoms with Crippen LogP contribution in [-0.4, -0.2) is 51.0 Å². The number of carbonyl (C=O) groups is 3. The molecular weight excluding hydrogens is 389 g/mol. The number of unbranched alkanes of at least 4 members (excludes halogenated alkanes) is 1. The minimum absolute atomic E-state index is 0.157. The van der Waals surface area contributed by atoms with Gasteiger partial charge >= 0.3 is 19.5 Å². The molecule has 0 aliphatic carbocycles. The maximum atomic E-state index is 12.6. The largest absolute Gasteiger partial charge is 0.479 e. The van der Waals surface area contributed by atoms with E-state index in [9.17, 15) is 33.8 Å². The highest BCUT2D eigenvalue weighted by Crippen LogP contribution is 2.63. The summed E-state index contributed by atoms with van der Waals surface area (Å²) < 4.78 is 17.5. The molecule has 1 atom stereocenters. The first kappa shape index (κ1) is 26.3. The molecule has 162 valence electrons. The van der Waals surface area contributed by atoms with Gasteiger partial charge < -0.3 is 24.9 Å². The van der Waals surface area contributed by atoms with Crippen LogP contribution in [0.25, 0.3) is 0 Å². The van der Waals surface area contributed by atoms with Gasteiger partial charge in [-0.15, -0.1) is 0 Å². The number of carbonyl (C=O) groups excluding carboxylic acids is 2. The van der Waals surface area contributed by atoms with E-state index in [0.717, 1.165) is 0 Å². The number of amides is 1. The fraction of sp³-hybridized carbons (Fsp3) is 0.722. The number of carboxylic acid groups (broad SMARTS) is 1. The lowest BCUT2D eigenvalue weighted by molar-refractivity contribution is -0.141. The van der Waals surface area contributed by atoms with Gasteiger partial charge in [-0.3, -0.25) is 14.2 Å². The molecule has 9 nitrogen and oxygen atoms in total. The predicted molar refractivity (Wildman–Crippen MR) is 104 cm³/mol. The molecule has 0 aromatic heterocycles. The molecule has 0 radical (unpaired) electrons. The van der Waals surface area contributed by atoms with Gasteiger partial charge in [-0.25, -0.2) is 4.79 Å². The number of nitrogens with one attached hydrogen (secondary N) is 1. The lowest BCUT2D eigenvalue weighted by Gasteiger charge is -2.44. The Morgan fingerprint density at radius 1 is 1.14 bits per heavy atom. The fourth-order valence-electron chi connectivity index (χ4n) is 3.78. The third kappa shape index (κ3) is 6.72. The highest BCUT2D eigenvalue weighted by Gasteiger charge is 2.54. The summed E-state index contributed by atoms with van der Waals surface area (Å²) >= 11 is 0. The molecule has 0 spiro atoms. The number of allylic oxidation sites excluding steroid dienone is 1. The van der Waals surface area contributed by atoms with E-state index in [4.69, 9.17) is 4.74 Å². The molecule has 0 aliphatic rings. The Morgan fingerprint density at radius 2 is 1.68 bits per heavy atom. The molecule has 1 unspecified atom stereocenters. The van der Waals surface area contributed by atoms with Gasteiger partial charge in [0, 0.05) is 6.92 Å². The van der Waals surface area contributed by atoms with Gasteiger partial charge in [0.15, 0.2) is 0 Å². The topological polar surface area (TPSA) is 150 Å². The van der Waals surface area contributed by atoms with Crippen LogP contribution in [0, 0.1) is 11.8 Å². The van der Waals surface area contributed by atoms with Gasteiger partial charge in [-0.05, 0) is 31.1 Å². The zero-order chi connectivity index (χ0) is 22.1. The summed E-state index contributed by atoms with van der Waals surface area (Å²) in [5.74, 6) is -2.76. The van der Waals surface area contributed by atoms with Gasteiger partial charge in [0.25, 0.3) is 0 Å². The summed E-state index contributed by atoms with van der Waals surface area (Å²) in [6.07, 6.45) is 2.52. The normalized spacial score (nSPS) is 14.1. The second kappa shape index (κ2) is 11.3. The first-order valence-corrected chi connectivity index (χ1v) is 10.8. The first-order valence-electron chi connectivity index (χ1n) is 9.14. The average Bonchev–Trinajstić information content (AvgIpc) is 2.51. The third-order valence-electron chi connectivity index (χ3n) is 4.78. The van der Waals surface area contributed by atoms with Gasteiger partial charge in [0.1, 0.15) is 6.04 Å². The molecular formula is C18H32NO8P. The minimum Gasteiger partial charge on any atom is -0.479 e.